The number of nitrogens with zero attached hydrogens (tertiary/aromatic N) is 1. The Morgan fingerprint density at radius 2 is 2.14 bits per heavy atom. The smallest absolute Gasteiger partial charge is 0.314 e. The molecular formula is C13H18N2O6. The summed E-state index contributed by atoms with van der Waals surface area (Å²) in [6.45, 7) is 2.23. The summed E-state index contributed by atoms with van der Waals surface area (Å²) in [4.78, 5) is 22.2. The van der Waals surface area contributed by atoms with Crippen molar-refractivity contribution in [3.8, 4) is 11.5 Å². The fourth-order valence-electron chi connectivity index (χ4n) is 1.53. The summed E-state index contributed by atoms with van der Waals surface area (Å²) >= 11 is 0. The molecule has 0 heterocycles. The number of hydrogen-bond donors (Lipinski definition) is 1. The van der Waals surface area contributed by atoms with Crippen LogP contribution in [0.3, 0.4) is 0 Å². The third-order valence-corrected chi connectivity index (χ3v) is 2.64. The molecule has 1 rings (SSSR count). The SMILES string of the molecule is COCCNC(=O)[C@H](C)Oc1ccc(OC)cc1[N+](=O)[O-]. The maximum atomic E-state index is 11.7. The van der Waals surface area contributed by atoms with E-state index in [0.29, 0.717) is 18.9 Å². The van der Waals surface area contributed by atoms with Gasteiger partial charge in [-0.2, -0.15) is 0 Å². The molecule has 0 saturated heterocycles. The highest BCUT2D eigenvalue weighted by molar-refractivity contribution is 5.80. The number of benzene rings is 1. The number of nitrogens with one attached hydrogen (secondary N) is 1. The summed E-state index contributed by atoms with van der Waals surface area (Å²) in [5.41, 5.74) is -0.258. The normalized spacial score (nSPS) is 11.6. The van der Waals surface area contributed by atoms with Gasteiger partial charge >= 0.3 is 5.69 Å². The molecule has 0 aliphatic rings. The molecular weight excluding hydrogens is 280 g/mol. The molecule has 0 radical (unpaired) electrons. The number of carbonyl (C=O) groups excluding carboxylic acids is 1. The van der Waals surface area contributed by atoms with E-state index in [4.69, 9.17) is 14.2 Å². The first-order chi connectivity index (χ1) is 9.99. The van der Waals surface area contributed by atoms with Gasteiger partial charge in [0.25, 0.3) is 5.91 Å². The number of amides is 1. The minimum atomic E-state index is -0.867. The van der Waals surface area contributed by atoms with E-state index in [2.05, 4.69) is 5.32 Å². The summed E-state index contributed by atoms with van der Waals surface area (Å²) in [6.07, 6.45) is -0.867. The summed E-state index contributed by atoms with van der Waals surface area (Å²) in [5, 5.41) is 13.6. The van der Waals surface area contributed by atoms with E-state index in [1.165, 1.54) is 39.3 Å². The van der Waals surface area contributed by atoms with Gasteiger partial charge in [-0.05, 0) is 19.1 Å². The monoisotopic (exact) mass is 298 g/mol. The molecule has 8 nitrogen and oxygen atoms in total. The van der Waals surface area contributed by atoms with Gasteiger partial charge in [-0.25, -0.2) is 0 Å². The highest BCUT2D eigenvalue weighted by atomic mass is 16.6. The standard InChI is InChI=1S/C13H18N2O6/c1-9(13(16)14-6-7-19-2)21-12-5-4-10(20-3)8-11(12)15(17)18/h4-5,8-9H,6-7H2,1-3H3,(H,14,16)/t9-/m0/s1. The van der Waals surface area contributed by atoms with Crippen LogP contribution in [0.1, 0.15) is 6.92 Å². The molecule has 1 aromatic carbocycles. The van der Waals surface area contributed by atoms with Crippen LogP contribution in [0.2, 0.25) is 0 Å². The Morgan fingerprint density at radius 3 is 2.71 bits per heavy atom. The minimum Gasteiger partial charge on any atom is -0.496 e. The van der Waals surface area contributed by atoms with E-state index >= 15 is 0 Å². The molecule has 116 valence electrons. The zero-order valence-electron chi connectivity index (χ0n) is 12.1. The van der Waals surface area contributed by atoms with Crippen LogP contribution in [0.5, 0.6) is 11.5 Å². The van der Waals surface area contributed by atoms with Gasteiger partial charge in [-0.1, -0.05) is 0 Å². The van der Waals surface area contributed by atoms with Crippen LogP contribution in [0.4, 0.5) is 5.69 Å². The second-order valence-electron chi connectivity index (χ2n) is 4.13. The van der Waals surface area contributed by atoms with E-state index < -0.39 is 11.0 Å². The fourth-order valence-corrected chi connectivity index (χ4v) is 1.53. The van der Waals surface area contributed by atoms with Crippen LogP contribution < -0.4 is 14.8 Å². The van der Waals surface area contributed by atoms with Crippen molar-refractivity contribution in [3.63, 3.8) is 0 Å². The lowest BCUT2D eigenvalue weighted by Crippen LogP contribution is -2.38. The predicted molar refractivity (Wildman–Crippen MR) is 74.6 cm³/mol. The Kier molecular flexibility index (Phi) is 6.41. The number of nitro groups is 1. The summed E-state index contributed by atoms with van der Waals surface area (Å²) in [6, 6.07) is 4.17. The van der Waals surface area contributed by atoms with Crippen molar-refractivity contribution in [2.45, 2.75) is 13.0 Å². The van der Waals surface area contributed by atoms with Crippen molar-refractivity contribution < 1.29 is 23.9 Å². The molecule has 0 unspecified atom stereocenters. The zero-order valence-corrected chi connectivity index (χ0v) is 12.1. The highest BCUT2D eigenvalue weighted by Crippen LogP contribution is 2.31. The van der Waals surface area contributed by atoms with Crippen molar-refractivity contribution in [2.24, 2.45) is 0 Å². The van der Waals surface area contributed by atoms with Gasteiger partial charge in [0.2, 0.25) is 0 Å². The van der Waals surface area contributed by atoms with Crippen molar-refractivity contribution in [1.82, 2.24) is 5.32 Å². The zero-order chi connectivity index (χ0) is 15.8. The molecule has 0 aliphatic carbocycles. The van der Waals surface area contributed by atoms with E-state index in [-0.39, 0.29) is 17.3 Å². The average molecular weight is 298 g/mol. The van der Waals surface area contributed by atoms with Gasteiger partial charge in [0.05, 0.1) is 24.7 Å². The number of methoxy groups -OCH3 is 2. The van der Waals surface area contributed by atoms with Gasteiger partial charge in [0.1, 0.15) is 5.75 Å². The van der Waals surface area contributed by atoms with E-state index in [0.717, 1.165) is 0 Å². The van der Waals surface area contributed by atoms with E-state index in [1.54, 1.807) is 0 Å². The summed E-state index contributed by atoms with van der Waals surface area (Å²) in [5.74, 6) is -0.0291. The Bertz CT molecular complexity index is 505. The Hall–Kier alpha value is -2.35. The molecule has 0 fully saturated rings. The van der Waals surface area contributed by atoms with Gasteiger partial charge < -0.3 is 19.5 Å². The second kappa shape index (κ2) is 8.05. The molecule has 1 N–H and O–H groups in total. The molecule has 0 saturated carbocycles. The molecule has 1 amide bonds. The Morgan fingerprint density at radius 1 is 1.43 bits per heavy atom. The molecule has 0 bridgehead atoms. The minimum absolute atomic E-state index is 0.00944. The Labute approximate surface area is 122 Å². The van der Waals surface area contributed by atoms with Crippen LogP contribution in [-0.4, -0.2) is 44.3 Å². The third-order valence-electron chi connectivity index (χ3n) is 2.64. The van der Waals surface area contributed by atoms with Gasteiger partial charge in [-0.3, -0.25) is 14.9 Å². The number of ether oxygens (including phenoxy) is 3. The first-order valence-corrected chi connectivity index (χ1v) is 6.25. The topological polar surface area (TPSA) is 99.9 Å². The van der Waals surface area contributed by atoms with E-state index in [1.807, 2.05) is 0 Å². The number of rotatable bonds is 8. The highest BCUT2D eigenvalue weighted by Gasteiger charge is 2.21. The Balaban J connectivity index is 2.77. The van der Waals surface area contributed by atoms with E-state index in [9.17, 15) is 14.9 Å². The largest absolute Gasteiger partial charge is 0.496 e. The third kappa shape index (κ3) is 4.92. The summed E-state index contributed by atoms with van der Waals surface area (Å²) < 4.78 is 15.1. The van der Waals surface area contributed by atoms with Crippen molar-refractivity contribution >= 4 is 11.6 Å². The number of hydrogen-bond acceptors (Lipinski definition) is 6. The van der Waals surface area contributed by atoms with Crippen LogP contribution >= 0.6 is 0 Å². The van der Waals surface area contributed by atoms with Crippen LogP contribution in [0, 0.1) is 10.1 Å². The van der Waals surface area contributed by atoms with Crippen molar-refractivity contribution in [3.05, 3.63) is 28.3 Å². The first-order valence-electron chi connectivity index (χ1n) is 6.25. The molecule has 0 spiro atoms. The summed E-state index contributed by atoms with van der Waals surface area (Å²) in [7, 11) is 2.93. The van der Waals surface area contributed by atoms with Crippen LogP contribution in [0.15, 0.2) is 18.2 Å². The lowest BCUT2D eigenvalue weighted by Gasteiger charge is -2.15. The van der Waals surface area contributed by atoms with Crippen LogP contribution in [-0.2, 0) is 9.53 Å². The molecule has 0 aliphatic heterocycles. The van der Waals surface area contributed by atoms with Gasteiger partial charge in [-0.15, -0.1) is 0 Å². The maximum Gasteiger partial charge on any atom is 0.314 e. The first kappa shape index (κ1) is 16.7. The molecule has 1 aromatic rings. The number of carbonyl (C=O) groups is 1. The average Bonchev–Trinajstić information content (AvgIpc) is 2.47. The van der Waals surface area contributed by atoms with Gasteiger partial charge in [0, 0.05) is 13.7 Å². The lowest BCUT2D eigenvalue weighted by atomic mass is 10.2. The quantitative estimate of drug-likeness (QED) is 0.439. The molecule has 1 atom stereocenters. The molecule has 21 heavy (non-hydrogen) atoms. The van der Waals surface area contributed by atoms with Crippen LogP contribution in [0.25, 0.3) is 0 Å². The molecule has 0 aromatic heterocycles. The lowest BCUT2D eigenvalue weighted by molar-refractivity contribution is -0.386. The maximum absolute atomic E-state index is 11.7. The van der Waals surface area contributed by atoms with Crippen molar-refractivity contribution in [1.29, 1.82) is 0 Å². The second-order valence-corrected chi connectivity index (χ2v) is 4.13. The van der Waals surface area contributed by atoms with Gasteiger partial charge in [0.15, 0.2) is 11.9 Å². The van der Waals surface area contributed by atoms with Crippen molar-refractivity contribution in [2.75, 3.05) is 27.4 Å². The number of nitro benzene ring substituents is 1. The predicted octanol–water partition coefficient (Wildman–Crippen LogP) is 1.13. The fraction of sp³-hybridized carbons (Fsp3) is 0.462. The molecule has 8 heteroatoms.